The molecule has 0 aliphatic rings. The molecule has 0 spiro atoms. The number of rotatable bonds is 9. The molecule has 0 amide bonds. The Morgan fingerprint density at radius 3 is 1.78 bits per heavy atom. The second-order valence-electron chi connectivity index (χ2n) is 11.3. The van der Waals surface area contributed by atoms with Gasteiger partial charge in [-0.1, -0.05) is 103 Å². The first kappa shape index (κ1) is 29.7. The highest BCUT2D eigenvalue weighted by molar-refractivity contribution is 5.84. The molecule has 5 aromatic carbocycles. The molecule has 6 aromatic rings. The Morgan fingerprint density at radius 2 is 1.24 bits per heavy atom. The lowest BCUT2D eigenvalue weighted by molar-refractivity contribution is -0.136. The first-order valence-electron chi connectivity index (χ1n) is 15.0. The van der Waals surface area contributed by atoms with Gasteiger partial charge in [-0.2, -0.15) is 0 Å². The molecular weight excluding hydrogens is 560 g/mol. The number of hydrogen-bond acceptors (Lipinski definition) is 5. The van der Waals surface area contributed by atoms with Crippen LogP contribution in [0.25, 0.3) is 16.7 Å². The zero-order valence-corrected chi connectivity index (χ0v) is 25.8. The number of nitrogens with zero attached hydrogens (tertiary/aromatic N) is 3. The molecule has 0 saturated heterocycles. The van der Waals surface area contributed by atoms with E-state index in [-0.39, 0.29) is 5.69 Å². The van der Waals surface area contributed by atoms with Gasteiger partial charge in [0, 0.05) is 26.8 Å². The Kier molecular flexibility index (Phi) is 8.11. The van der Waals surface area contributed by atoms with Crippen molar-refractivity contribution < 1.29 is 9.53 Å². The maximum absolute atomic E-state index is 14.0. The number of carbonyl (C=O) groups excluding carboxylic acids is 1. The minimum atomic E-state index is -0.849. The van der Waals surface area contributed by atoms with Crippen LogP contribution < -0.4 is 20.6 Å². The molecular formula is C38H36N4O3. The number of benzene rings is 5. The van der Waals surface area contributed by atoms with Gasteiger partial charge in [-0.05, 0) is 53.9 Å². The van der Waals surface area contributed by atoms with Crippen molar-refractivity contribution in [1.82, 2.24) is 14.5 Å². The van der Waals surface area contributed by atoms with Crippen molar-refractivity contribution in [3.8, 4) is 11.4 Å². The number of fused-ring (bicyclic) bond motifs is 1. The van der Waals surface area contributed by atoms with Crippen LogP contribution in [-0.2, 0) is 17.4 Å². The van der Waals surface area contributed by atoms with Crippen molar-refractivity contribution >= 4 is 22.7 Å². The summed E-state index contributed by atoms with van der Waals surface area (Å²) in [6.45, 7) is 1.81. The molecule has 0 bridgehead atoms. The number of para-hydroxylation sites is 2. The van der Waals surface area contributed by atoms with Crippen LogP contribution in [0.15, 0.2) is 138 Å². The smallest absolute Gasteiger partial charge is 0.333 e. The molecule has 0 saturated carbocycles. The van der Waals surface area contributed by atoms with Crippen LogP contribution in [0.1, 0.15) is 23.6 Å². The average Bonchev–Trinajstić information content (AvgIpc) is 3.33. The number of aromatic nitrogens is 2. The van der Waals surface area contributed by atoms with Gasteiger partial charge < -0.3 is 9.64 Å². The number of carbonyl (C=O) groups is 1. The van der Waals surface area contributed by atoms with E-state index in [9.17, 15) is 9.59 Å². The Labute approximate surface area is 262 Å². The maximum atomic E-state index is 14.0. The molecule has 1 aromatic heterocycles. The first-order valence-corrected chi connectivity index (χ1v) is 15.0. The van der Waals surface area contributed by atoms with Gasteiger partial charge in [-0.25, -0.2) is 9.59 Å². The molecule has 1 N–H and O–H groups in total. The van der Waals surface area contributed by atoms with Crippen LogP contribution in [0.4, 0.5) is 5.69 Å². The third-order valence-corrected chi connectivity index (χ3v) is 8.28. The van der Waals surface area contributed by atoms with E-state index >= 15 is 0 Å². The van der Waals surface area contributed by atoms with Crippen molar-refractivity contribution in [1.29, 1.82) is 0 Å². The number of esters is 1. The first-order chi connectivity index (χ1) is 21.8. The van der Waals surface area contributed by atoms with Crippen LogP contribution in [0, 0.1) is 0 Å². The number of hydrogen-bond donors (Lipinski definition) is 1. The Bertz CT molecular complexity index is 1900. The van der Waals surface area contributed by atoms with Crippen molar-refractivity contribution in [3.63, 3.8) is 0 Å². The molecule has 1 heterocycles. The Balaban J connectivity index is 1.40. The van der Waals surface area contributed by atoms with Crippen LogP contribution in [0.5, 0.6) is 5.75 Å². The predicted molar refractivity (Wildman–Crippen MR) is 180 cm³/mol. The fraction of sp³-hybridized carbons (Fsp3) is 0.158. The Hall–Kier alpha value is -5.40. The zero-order valence-electron chi connectivity index (χ0n) is 25.8. The van der Waals surface area contributed by atoms with Gasteiger partial charge in [-0.3, -0.25) is 14.5 Å². The molecule has 45 heavy (non-hydrogen) atoms. The molecule has 0 aliphatic heterocycles. The monoisotopic (exact) mass is 596 g/mol. The number of nitrogens with one attached hydrogen (secondary N) is 1. The number of imidazole rings is 1. The van der Waals surface area contributed by atoms with Crippen molar-refractivity contribution in [3.05, 3.63) is 161 Å². The van der Waals surface area contributed by atoms with E-state index < -0.39 is 17.6 Å². The van der Waals surface area contributed by atoms with Crippen molar-refractivity contribution in [2.75, 3.05) is 19.0 Å². The van der Waals surface area contributed by atoms with E-state index in [0.717, 1.165) is 33.4 Å². The zero-order chi connectivity index (χ0) is 31.6. The van der Waals surface area contributed by atoms with Crippen molar-refractivity contribution in [2.45, 2.75) is 18.5 Å². The van der Waals surface area contributed by atoms with Crippen molar-refractivity contribution in [2.24, 2.45) is 7.05 Å². The van der Waals surface area contributed by atoms with E-state index in [4.69, 9.17) is 4.74 Å². The van der Waals surface area contributed by atoms with Gasteiger partial charge in [0.25, 0.3) is 0 Å². The molecule has 7 heteroatoms. The summed E-state index contributed by atoms with van der Waals surface area (Å²) in [6, 6.07) is 42.6. The topological polar surface area (TPSA) is 68.5 Å². The number of ether oxygens (including phenoxy) is 1. The summed E-state index contributed by atoms with van der Waals surface area (Å²) in [5.41, 5.74) is 4.86. The lowest BCUT2D eigenvalue weighted by Gasteiger charge is -2.38. The summed E-state index contributed by atoms with van der Waals surface area (Å²) in [6.07, 6.45) is 0. The highest BCUT2D eigenvalue weighted by Gasteiger charge is 2.39. The van der Waals surface area contributed by atoms with Gasteiger partial charge in [-0.15, -0.1) is 0 Å². The van der Waals surface area contributed by atoms with Crippen LogP contribution >= 0.6 is 0 Å². The molecule has 226 valence electrons. The summed E-state index contributed by atoms with van der Waals surface area (Å²) < 4.78 is 9.32. The fourth-order valence-electron chi connectivity index (χ4n) is 5.96. The normalized spacial score (nSPS) is 12.2. The van der Waals surface area contributed by atoms with Gasteiger partial charge >= 0.3 is 11.7 Å². The lowest BCUT2D eigenvalue weighted by atomic mass is 9.76. The van der Waals surface area contributed by atoms with E-state index in [1.54, 1.807) is 41.3 Å². The molecule has 0 unspecified atom stereocenters. The molecule has 1 atom stereocenters. The molecule has 0 aliphatic carbocycles. The van der Waals surface area contributed by atoms with Gasteiger partial charge in [0.2, 0.25) is 0 Å². The third-order valence-electron chi connectivity index (χ3n) is 8.28. The summed E-state index contributed by atoms with van der Waals surface area (Å²) in [5, 5.41) is 3.67. The summed E-state index contributed by atoms with van der Waals surface area (Å²) in [7, 11) is 5.67. The molecule has 0 radical (unpaired) electrons. The number of aryl methyl sites for hydroxylation is 1. The minimum Gasteiger partial charge on any atom is -0.423 e. The number of anilines is 1. The SMILES string of the molecule is C[C@H](NC(c1ccccc1)(c1ccccc1)c1ccccc1)C(=O)Oc1ccccc1-n1c(=O)n(C)c2cc(N(C)C)ccc21. The highest BCUT2D eigenvalue weighted by Crippen LogP contribution is 2.37. The van der Waals surface area contributed by atoms with E-state index in [1.807, 2.05) is 97.9 Å². The molecule has 7 nitrogen and oxygen atoms in total. The quantitative estimate of drug-likeness (QED) is 0.121. The van der Waals surface area contributed by atoms with E-state index in [1.165, 1.54) is 0 Å². The minimum absolute atomic E-state index is 0.230. The maximum Gasteiger partial charge on any atom is 0.333 e. The summed E-state index contributed by atoms with van der Waals surface area (Å²) in [4.78, 5) is 29.5. The van der Waals surface area contributed by atoms with Gasteiger partial charge in [0.15, 0.2) is 5.75 Å². The predicted octanol–water partition coefficient (Wildman–Crippen LogP) is 6.27. The van der Waals surface area contributed by atoms with Gasteiger partial charge in [0.05, 0.1) is 22.3 Å². The van der Waals surface area contributed by atoms with Crippen LogP contribution in [-0.4, -0.2) is 35.2 Å². The van der Waals surface area contributed by atoms with E-state index in [0.29, 0.717) is 11.4 Å². The van der Waals surface area contributed by atoms with E-state index in [2.05, 4.69) is 41.7 Å². The highest BCUT2D eigenvalue weighted by atomic mass is 16.5. The van der Waals surface area contributed by atoms with Gasteiger partial charge in [0.1, 0.15) is 6.04 Å². The summed E-state index contributed by atoms with van der Waals surface area (Å²) >= 11 is 0. The van der Waals surface area contributed by atoms with Crippen LogP contribution in [0.3, 0.4) is 0 Å². The molecule has 6 rings (SSSR count). The third kappa shape index (κ3) is 5.43. The molecule has 0 fully saturated rings. The largest absolute Gasteiger partial charge is 0.423 e. The second-order valence-corrected chi connectivity index (χ2v) is 11.3. The lowest BCUT2D eigenvalue weighted by Crippen LogP contribution is -2.52. The average molecular weight is 597 g/mol. The standard InChI is InChI=1S/C38H36N4O3/c1-27(39-38(28-16-8-5-9-17-28,29-18-10-6-11-19-29)30-20-12-7-13-21-30)36(43)45-35-23-15-14-22-33(35)42-32-25-24-31(40(2)3)26-34(32)41(4)37(42)44/h5-27,39H,1-4H3/t27-/m0/s1. The van der Waals surface area contributed by atoms with Crippen LogP contribution in [0.2, 0.25) is 0 Å². The summed E-state index contributed by atoms with van der Waals surface area (Å²) in [5.74, 6) is -0.176. The second kappa shape index (κ2) is 12.3. The fourth-order valence-corrected chi connectivity index (χ4v) is 5.96. The Morgan fingerprint density at radius 1 is 0.733 bits per heavy atom.